The molecule has 0 fully saturated rings. The van der Waals surface area contributed by atoms with Gasteiger partial charge in [0.05, 0.1) is 5.56 Å². The minimum Gasteiger partial charge on any atom is -0.352 e. The van der Waals surface area contributed by atoms with Crippen molar-refractivity contribution in [2.45, 2.75) is 32.7 Å². The number of aryl methyl sites for hydroxylation is 1. The van der Waals surface area contributed by atoms with Crippen molar-refractivity contribution in [1.29, 1.82) is 0 Å². The fourth-order valence-corrected chi connectivity index (χ4v) is 1.54. The molecule has 1 rings (SSSR count). The number of nitrogens with one attached hydrogen (secondary N) is 1. The van der Waals surface area contributed by atoms with Crippen LogP contribution in [-0.4, -0.2) is 18.5 Å². The number of hydrogen-bond acceptors (Lipinski definition) is 2. The van der Waals surface area contributed by atoms with Gasteiger partial charge in [-0.2, -0.15) is 0 Å². The fraction of sp³-hybridized carbons (Fsp3) is 0.462. The standard InChI is InChI=1S/C13H19FN2O/c1-9-5-3-7-11(12(9)14)13(17)16-8-4-6-10(2)15/h3,5,7,10H,4,6,8,15H2,1-2H3,(H,16,17). The van der Waals surface area contributed by atoms with E-state index in [2.05, 4.69) is 5.32 Å². The number of halogens is 1. The third-order valence-electron chi connectivity index (χ3n) is 2.56. The Morgan fingerprint density at radius 3 is 2.88 bits per heavy atom. The summed E-state index contributed by atoms with van der Waals surface area (Å²) in [6.07, 6.45) is 1.65. The quantitative estimate of drug-likeness (QED) is 0.771. The van der Waals surface area contributed by atoms with Crippen molar-refractivity contribution < 1.29 is 9.18 Å². The van der Waals surface area contributed by atoms with E-state index in [1.165, 1.54) is 6.07 Å². The van der Waals surface area contributed by atoms with Crippen molar-refractivity contribution >= 4 is 5.91 Å². The molecule has 94 valence electrons. The fourth-order valence-electron chi connectivity index (χ4n) is 1.54. The third-order valence-corrected chi connectivity index (χ3v) is 2.56. The van der Waals surface area contributed by atoms with Crippen LogP contribution in [0.15, 0.2) is 18.2 Å². The SMILES string of the molecule is Cc1cccc(C(=O)NCCCC(C)N)c1F. The van der Waals surface area contributed by atoms with E-state index in [-0.39, 0.29) is 17.5 Å². The second kappa shape index (κ2) is 6.35. The molecule has 0 heterocycles. The van der Waals surface area contributed by atoms with E-state index in [9.17, 15) is 9.18 Å². The normalized spacial score (nSPS) is 12.2. The Morgan fingerprint density at radius 2 is 2.24 bits per heavy atom. The van der Waals surface area contributed by atoms with Crippen molar-refractivity contribution in [2.75, 3.05) is 6.54 Å². The molecule has 1 aromatic rings. The number of benzene rings is 1. The van der Waals surface area contributed by atoms with Gasteiger partial charge in [0, 0.05) is 12.6 Å². The first-order valence-corrected chi connectivity index (χ1v) is 5.81. The highest BCUT2D eigenvalue weighted by Gasteiger charge is 2.12. The molecule has 0 spiro atoms. The predicted octanol–water partition coefficient (Wildman–Crippen LogP) is 1.99. The molecule has 1 aromatic carbocycles. The van der Waals surface area contributed by atoms with Gasteiger partial charge in [0.15, 0.2) is 0 Å². The number of rotatable bonds is 5. The van der Waals surface area contributed by atoms with Crippen LogP contribution in [0.2, 0.25) is 0 Å². The summed E-state index contributed by atoms with van der Waals surface area (Å²) in [5.74, 6) is -0.812. The van der Waals surface area contributed by atoms with Gasteiger partial charge < -0.3 is 11.1 Å². The lowest BCUT2D eigenvalue weighted by Gasteiger charge is -2.08. The van der Waals surface area contributed by atoms with Crippen LogP contribution in [0, 0.1) is 12.7 Å². The topological polar surface area (TPSA) is 55.1 Å². The number of carbonyl (C=O) groups excluding carboxylic acids is 1. The average molecular weight is 238 g/mol. The molecule has 0 bridgehead atoms. The van der Waals surface area contributed by atoms with E-state index in [1.807, 2.05) is 6.92 Å². The molecule has 3 nitrogen and oxygen atoms in total. The van der Waals surface area contributed by atoms with Gasteiger partial charge in [0.25, 0.3) is 5.91 Å². The van der Waals surface area contributed by atoms with Gasteiger partial charge in [-0.1, -0.05) is 12.1 Å². The number of amides is 1. The molecular weight excluding hydrogens is 219 g/mol. The summed E-state index contributed by atoms with van der Waals surface area (Å²) in [4.78, 5) is 11.7. The van der Waals surface area contributed by atoms with E-state index >= 15 is 0 Å². The number of carbonyl (C=O) groups is 1. The van der Waals surface area contributed by atoms with Crippen LogP contribution in [0.1, 0.15) is 35.7 Å². The number of nitrogens with two attached hydrogens (primary N) is 1. The molecule has 17 heavy (non-hydrogen) atoms. The highest BCUT2D eigenvalue weighted by molar-refractivity contribution is 5.94. The Morgan fingerprint density at radius 1 is 1.53 bits per heavy atom. The molecule has 0 radical (unpaired) electrons. The first-order chi connectivity index (χ1) is 8.02. The summed E-state index contributed by atoms with van der Waals surface area (Å²) in [5, 5.41) is 2.69. The first kappa shape index (κ1) is 13.6. The zero-order valence-electron chi connectivity index (χ0n) is 10.3. The monoisotopic (exact) mass is 238 g/mol. The van der Waals surface area contributed by atoms with Crippen LogP contribution in [0.25, 0.3) is 0 Å². The van der Waals surface area contributed by atoms with Crippen LogP contribution in [-0.2, 0) is 0 Å². The van der Waals surface area contributed by atoms with Gasteiger partial charge >= 0.3 is 0 Å². The molecule has 4 heteroatoms. The third kappa shape index (κ3) is 4.15. The maximum Gasteiger partial charge on any atom is 0.254 e. The van der Waals surface area contributed by atoms with Crippen LogP contribution in [0.5, 0.6) is 0 Å². The molecule has 1 amide bonds. The molecule has 0 aliphatic rings. The average Bonchev–Trinajstić information content (AvgIpc) is 2.27. The lowest BCUT2D eigenvalue weighted by Crippen LogP contribution is -2.27. The maximum absolute atomic E-state index is 13.6. The summed E-state index contributed by atoms with van der Waals surface area (Å²) in [6, 6.07) is 4.93. The van der Waals surface area contributed by atoms with Gasteiger partial charge in [-0.3, -0.25) is 4.79 Å². The number of hydrogen-bond donors (Lipinski definition) is 2. The zero-order valence-corrected chi connectivity index (χ0v) is 10.3. The zero-order chi connectivity index (χ0) is 12.8. The van der Waals surface area contributed by atoms with Gasteiger partial charge in [-0.25, -0.2) is 4.39 Å². The maximum atomic E-state index is 13.6. The molecule has 1 unspecified atom stereocenters. The Bertz CT molecular complexity index is 391. The predicted molar refractivity (Wildman–Crippen MR) is 66.4 cm³/mol. The molecule has 0 aromatic heterocycles. The van der Waals surface area contributed by atoms with E-state index in [4.69, 9.17) is 5.73 Å². The van der Waals surface area contributed by atoms with Gasteiger partial charge in [0.2, 0.25) is 0 Å². The Labute approximate surface area is 101 Å². The molecule has 0 aliphatic heterocycles. The highest BCUT2D eigenvalue weighted by Crippen LogP contribution is 2.11. The van der Waals surface area contributed by atoms with Gasteiger partial charge in [-0.05, 0) is 38.3 Å². The molecule has 0 aliphatic carbocycles. The smallest absolute Gasteiger partial charge is 0.254 e. The van der Waals surface area contributed by atoms with Crippen LogP contribution < -0.4 is 11.1 Å². The highest BCUT2D eigenvalue weighted by atomic mass is 19.1. The lowest BCUT2D eigenvalue weighted by molar-refractivity contribution is 0.0948. The van der Waals surface area contributed by atoms with Crippen molar-refractivity contribution in [2.24, 2.45) is 5.73 Å². The van der Waals surface area contributed by atoms with E-state index in [1.54, 1.807) is 19.1 Å². The molecule has 0 saturated heterocycles. The molecule has 3 N–H and O–H groups in total. The van der Waals surface area contributed by atoms with Crippen LogP contribution in [0.3, 0.4) is 0 Å². The van der Waals surface area contributed by atoms with Crippen molar-refractivity contribution in [3.05, 3.63) is 35.1 Å². The second-order valence-corrected chi connectivity index (χ2v) is 4.31. The van der Waals surface area contributed by atoms with E-state index in [0.29, 0.717) is 12.1 Å². The van der Waals surface area contributed by atoms with Gasteiger partial charge in [0.1, 0.15) is 5.82 Å². The molecular formula is C13H19FN2O. The van der Waals surface area contributed by atoms with Crippen LogP contribution in [0.4, 0.5) is 4.39 Å². The van der Waals surface area contributed by atoms with Crippen molar-refractivity contribution in [1.82, 2.24) is 5.32 Å². The second-order valence-electron chi connectivity index (χ2n) is 4.31. The van der Waals surface area contributed by atoms with Crippen molar-refractivity contribution in [3.63, 3.8) is 0 Å². The minimum atomic E-state index is -0.447. The lowest BCUT2D eigenvalue weighted by atomic mass is 10.1. The Balaban J connectivity index is 2.50. The summed E-state index contributed by atoms with van der Waals surface area (Å²) in [6.45, 7) is 4.08. The summed E-state index contributed by atoms with van der Waals surface area (Å²) < 4.78 is 13.6. The molecule has 0 saturated carbocycles. The summed E-state index contributed by atoms with van der Waals surface area (Å²) in [5.41, 5.74) is 6.17. The largest absolute Gasteiger partial charge is 0.352 e. The van der Waals surface area contributed by atoms with E-state index < -0.39 is 5.82 Å². The Kier molecular flexibility index (Phi) is 5.10. The molecule has 1 atom stereocenters. The Hall–Kier alpha value is -1.42. The first-order valence-electron chi connectivity index (χ1n) is 5.81. The van der Waals surface area contributed by atoms with Crippen LogP contribution >= 0.6 is 0 Å². The summed E-state index contributed by atoms with van der Waals surface area (Å²) >= 11 is 0. The van der Waals surface area contributed by atoms with Crippen molar-refractivity contribution in [3.8, 4) is 0 Å². The minimum absolute atomic E-state index is 0.103. The van der Waals surface area contributed by atoms with Gasteiger partial charge in [-0.15, -0.1) is 0 Å². The summed E-state index contributed by atoms with van der Waals surface area (Å²) in [7, 11) is 0. The van der Waals surface area contributed by atoms with E-state index in [0.717, 1.165) is 12.8 Å².